The highest BCUT2D eigenvalue weighted by atomic mass is 79.9. The Balaban J connectivity index is 1.69. The summed E-state index contributed by atoms with van der Waals surface area (Å²) in [6.07, 6.45) is 2.27. The molecule has 1 saturated heterocycles. The maximum Gasteiger partial charge on any atom is 0.264 e. The van der Waals surface area contributed by atoms with Gasteiger partial charge in [-0.1, -0.05) is 6.07 Å². The lowest BCUT2D eigenvalue weighted by Crippen LogP contribution is -2.43. The molecule has 1 aliphatic rings. The van der Waals surface area contributed by atoms with E-state index in [-0.39, 0.29) is 18.6 Å². The number of nitrogens with one attached hydrogen (secondary N) is 2. The highest BCUT2D eigenvalue weighted by Gasteiger charge is 2.15. The van der Waals surface area contributed by atoms with Crippen molar-refractivity contribution >= 4 is 39.2 Å². The van der Waals surface area contributed by atoms with Crippen LogP contribution in [0.25, 0.3) is 0 Å². The van der Waals surface area contributed by atoms with Gasteiger partial charge in [-0.15, -0.1) is 0 Å². The Hall–Kier alpha value is -1.18. The lowest BCUT2D eigenvalue weighted by Gasteiger charge is -2.14. The van der Waals surface area contributed by atoms with Crippen LogP contribution in [0.15, 0.2) is 22.7 Å². The number of ether oxygens (including phenoxy) is 2. The molecular weight excluding hydrogens is 368 g/mol. The van der Waals surface area contributed by atoms with Gasteiger partial charge in [0.25, 0.3) is 5.91 Å². The summed E-state index contributed by atoms with van der Waals surface area (Å²) >= 11 is 8.48. The van der Waals surface area contributed by atoms with Crippen molar-refractivity contribution < 1.29 is 14.3 Å². The second kappa shape index (κ2) is 8.45. The number of hydrogen-bond acceptors (Lipinski definition) is 4. The fourth-order valence-corrected chi connectivity index (χ4v) is 2.89. The van der Waals surface area contributed by atoms with Crippen LogP contribution in [0.5, 0.6) is 5.75 Å². The Morgan fingerprint density at radius 2 is 2.36 bits per heavy atom. The summed E-state index contributed by atoms with van der Waals surface area (Å²) in [6.45, 7) is 3.30. The molecule has 1 atom stereocenters. The Morgan fingerprint density at radius 3 is 3.05 bits per heavy atom. The molecule has 120 valence electrons. The molecule has 1 unspecified atom stereocenters. The first-order chi connectivity index (χ1) is 10.5. The standard InChI is InChI=1S/C15H19BrN2O3S/c1-10-4-5-13(12(16)7-10)21-9-14(19)18-15(22)17-8-11-3-2-6-20-11/h4-5,7,11H,2-3,6,8-9H2,1H3,(H2,17,18,19,22). The molecule has 2 rings (SSSR count). The second-order valence-corrected chi connectivity index (χ2v) is 6.38. The maximum atomic E-state index is 11.8. The Morgan fingerprint density at radius 1 is 1.55 bits per heavy atom. The van der Waals surface area contributed by atoms with E-state index in [1.165, 1.54) is 0 Å². The third-order valence-electron chi connectivity index (χ3n) is 3.21. The van der Waals surface area contributed by atoms with E-state index in [0.717, 1.165) is 29.5 Å². The van der Waals surface area contributed by atoms with Crippen molar-refractivity contribution in [2.45, 2.75) is 25.9 Å². The molecule has 2 N–H and O–H groups in total. The quantitative estimate of drug-likeness (QED) is 0.760. The molecule has 5 nitrogen and oxygen atoms in total. The monoisotopic (exact) mass is 386 g/mol. The van der Waals surface area contributed by atoms with E-state index in [2.05, 4.69) is 26.6 Å². The number of benzene rings is 1. The number of hydrogen-bond donors (Lipinski definition) is 2. The fourth-order valence-electron chi connectivity index (χ4n) is 2.08. The zero-order valence-corrected chi connectivity index (χ0v) is 14.8. The molecule has 1 fully saturated rings. The zero-order chi connectivity index (χ0) is 15.9. The number of carbonyl (C=O) groups is 1. The van der Waals surface area contributed by atoms with Crippen LogP contribution in [-0.4, -0.2) is 36.9 Å². The van der Waals surface area contributed by atoms with Gasteiger partial charge in [0.05, 0.1) is 10.6 Å². The third kappa shape index (κ3) is 5.55. The minimum Gasteiger partial charge on any atom is -0.483 e. The van der Waals surface area contributed by atoms with Crippen LogP contribution in [0, 0.1) is 6.92 Å². The SMILES string of the molecule is Cc1ccc(OCC(=O)NC(=S)NCC2CCCO2)c(Br)c1. The summed E-state index contributed by atoms with van der Waals surface area (Å²) in [5, 5.41) is 5.87. The topological polar surface area (TPSA) is 59.6 Å². The van der Waals surface area contributed by atoms with Crippen molar-refractivity contribution in [1.82, 2.24) is 10.6 Å². The summed E-state index contributed by atoms with van der Waals surface area (Å²) in [5.41, 5.74) is 1.11. The smallest absolute Gasteiger partial charge is 0.264 e. The van der Waals surface area contributed by atoms with Gasteiger partial charge in [0, 0.05) is 13.2 Å². The van der Waals surface area contributed by atoms with Crippen LogP contribution < -0.4 is 15.4 Å². The first kappa shape index (κ1) is 17.2. The molecule has 7 heteroatoms. The Bertz CT molecular complexity index is 548. The molecule has 1 amide bonds. The minimum absolute atomic E-state index is 0.0938. The molecule has 1 heterocycles. The van der Waals surface area contributed by atoms with Crippen molar-refractivity contribution in [2.75, 3.05) is 19.8 Å². The van der Waals surface area contributed by atoms with Crippen LogP contribution in [0.1, 0.15) is 18.4 Å². The minimum atomic E-state index is -0.294. The first-order valence-corrected chi connectivity index (χ1v) is 8.33. The van der Waals surface area contributed by atoms with Crippen LogP contribution >= 0.6 is 28.1 Å². The van der Waals surface area contributed by atoms with E-state index in [1.807, 2.05) is 25.1 Å². The summed E-state index contributed by atoms with van der Waals surface area (Å²) < 4.78 is 11.8. The molecule has 22 heavy (non-hydrogen) atoms. The van der Waals surface area contributed by atoms with E-state index in [0.29, 0.717) is 17.4 Å². The van der Waals surface area contributed by atoms with Crippen LogP contribution in [0.2, 0.25) is 0 Å². The van der Waals surface area contributed by atoms with Gasteiger partial charge in [-0.3, -0.25) is 4.79 Å². The van der Waals surface area contributed by atoms with Gasteiger partial charge in [0.2, 0.25) is 0 Å². The van der Waals surface area contributed by atoms with E-state index in [4.69, 9.17) is 21.7 Å². The summed E-state index contributed by atoms with van der Waals surface area (Å²) in [5.74, 6) is 0.330. The largest absolute Gasteiger partial charge is 0.483 e. The predicted octanol–water partition coefficient (Wildman–Crippen LogP) is 2.31. The van der Waals surface area contributed by atoms with Gasteiger partial charge < -0.3 is 20.1 Å². The molecule has 0 saturated carbocycles. The summed E-state index contributed by atoms with van der Waals surface area (Å²) in [6, 6.07) is 5.67. The second-order valence-electron chi connectivity index (χ2n) is 5.12. The van der Waals surface area contributed by atoms with E-state index in [9.17, 15) is 4.79 Å². The molecule has 1 aliphatic heterocycles. The number of amides is 1. The molecule has 1 aromatic carbocycles. The zero-order valence-electron chi connectivity index (χ0n) is 12.4. The summed E-state index contributed by atoms with van der Waals surface area (Å²) in [7, 11) is 0. The van der Waals surface area contributed by atoms with Gasteiger partial charge in [-0.25, -0.2) is 0 Å². The summed E-state index contributed by atoms with van der Waals surface area (Å²) in [4.78, 5) is 11.8. The number of thiocarbonyl (C=S) groups is 1. The molecule has 0 bridgehead atoms. The van der Waals surface area contributed by atoms with Crippen molar-refractivity contribution in [3.8, 4) is 5.75 Å². The van der Waals surface area contributed by atoms with Crippen molar-refractivity contribution in [1.29, 1.82) is 0 Å². The Kier molecular flexibility index (Phi) is 6.60. The lowest BCUT2D eigenvalue weighted by atomic mass is 10.2. The maximum absolute atomic E-state index is 11.8. The van der Waals surface area contributed by atoms with Crippen molar-refractivity contribution in [2.24, 2.45) is 0 Å². The molecule has 0 aromatic heterocycles. The first-order valence-electron chi connectivity index (χ1n) is 7.13. The average Bonchev–Trinajstić information content (AvgIpc) is 2.97. The van der Waals surface area contributed by atoms with Crippen LogP contribution in [0.4, 0.5) is 0 Å². The third-order valence-corrected chi connectivity index (χ3v) is 4.08. The highest BCUT2D eigenvalue weighted by molar-refractivity contribution is 9.10. The normalized spacial score (nSPS) is 17.1. The predicted molar refractivity (Wildman–Crippen MR) is 92.1 cm³/mol. The molecular formula is C15H19BrN2O3S. The number of rotatable bonds is 5. The van der Waals surface area contributed by atoms with Gasteiger partial charge >= 0.3 is 0 Å². The van der Waals surface area contributed by atoms with Gasteiger partial charge in [-0.05, 0) is 65.6 Å². The van der Waals surface area contributed by atoms with E-state index >= 15 is 0 Å². The van der Waals surface area contributed by atoms with Crippen LogP contribution in [0.3, 0.4) is 0 Å². The van der Waals surface area contributed by atoms with E-state index in [1.54, 1.807) is 0 Å². The van der Waals surface area contributed by atoms with E-state index < -0.39 is 0 Å². The van der Waals surface area contributed by atoms with Crippen molar-refractivity contribution in [3.63, 3.8) is 0 Å². The lowest BCUT2D eigenvalue weighted by molar-refractivity contribution is -0.121. The fraction of sp³-hybridized carbons (Fsp3) is 0.467. The number of carbonyl (C=O) groups excluding carboxylic acids is 1. The molecule has 1 aromatic rings. The molecule has 0 spiro atoms. The number of aryl methyl sites for hydroxylation is 1. The highest BCUT2D eigenvalue weighted by Crippen LogP contribution is 2.25. The van der Waals surface area contributed by atoms with Crippen molar-refractivity contribution in [3.05, 3.63) is 28.2 Å². The number of halogens is 1. The Labute approximate surface area is 143 Å². The van der Waals surface area contributed by atoms with Gasteiger partial charge in [-0.2, -0.15) is 0 Å². The average molecular weight is 387 g/mol. The van der Waals surface area contributed by atoms with Gasteiger partial charge in [0.1, 0.15) is 5.75 Å². The molecule has 0 aliphatic carbocycles. The van der Waals surface area contributed by atoms with Crippen LogP contribution in [-0.2, 0) is 9.53 Å². The molecule has 0 radical (unpaired) electrons. The van der Waals surface area contributed by atoms with Gasteiger partial charge in [0.15, 0.2) is 11.7 Å².